The number of carbonyl (C=O) groups is 2. The highest BCUT2D eigenvalue weighted by atomic mass is 16.5. The van der Waals surface area contributed by atoms with Gasteiger partial charge in [0, 0.05) is 0 Å². The van der Waals surface area contributed by atoms with Crippen LogP contribution in [0, 0.1) is 5.92 Å². The average molecular weight is 214 g/mol. The summed E-state index contributed by atoms with van der Waals surface area (Å²) in [5, 5.41) is 2.89. The van der Waals surface area contributed by atoms with Gasteiger partial charge in [0.1, 0.15) is 6.04 Å². The van der Waals surface area contributed by atoms with Crippen molar-refractivity contribution in [3.63, 3.8) is 0 Å². The molecular formula is C10H18N2O3. The Kier molecular flexibility index (Phi) is 4.08. The molecule has 0 aliphatic carbocycles. The maximum absolute atomic E-state index is 11.5. The molecule has 0 saturated carbocycles. The molecular weight excluding hydrogens is 196 g/mol. The first-order chi connectivity index (χ1) is 7.02. The first-order valence-corrected chi connectivity index (χ1v) is 5.19. The van der Waals surface area contributed by atoms with Crippen LogP contribution in [0.5, 0.6) is 0 Å². The van der Waals surface area contributed by atoms with Crippen molar-refractivity contribution in [2.24, 2.45) is 5.92 Å². The molecule has 0 radical (unpaired) electrons. The topological polar surface area (TPSA) is 58.6 Å². The Balaban J connectivity index is 2.41. The third-order valence-corrected chi connectivity index (χ3v) is 2.25. The van der Waals surface area contributed by atoms with Crippen molar-refractivity contribution < 1.29 is 14.3 Å². The van der Waals surface area contributed by atoms with E-state index in [4.69, 9.17) is 4.74 Å². The molecule has 1 aliphatic rings. The van der Waals surface area contributed by atoms with E-state index in [9.17, 15) is 9.59 Å². The highest BCUT2D eigenvalue weighted by Crippen LogP contribution is 2.06. The van der Waals surface area contributed by atoms with E-state index in [1.54, 1.807) is 6.92 Å². The van der Waals surface area contributed by atoms with Crippen molar-refractivity contribution in [1.82, 2.24) is 10.2 Å². The Bertz CT molecular complexity index is 253. The van der Waals surface area contributed by atoms with Crippen molar-refractivity contribution >= 4 is 11.9 Å². The minimum atomic E-state index is -0.494. The Hall–Kier alpha value is -1.10. The van der Waals surface area contributed by atoms with Gasteiger partial charge >= 0.3 is 5.97 Å². The number of rotatable bonds is 4. The SMILES string of the molecule is CC(C)COC(=O)C(C)N1CNCC1=O. The van der Waals surface area contributed by atoms with Crippen LogP contribution >= 0.6 is 0 Å². The molecule has 1 aliphatic heterocycles. The fourth-order valence-corrected chi connectivity index (χ4v) is 1.32. The van der Waals surface area contributed by atoms with Crippen LogP contribution in [-0.2, 0) is 14.3 Å². The summed E-state index contributed by atoms with van der Waals surface area (Å²) in [5.41, 5.74) is 0. The molecule has 15 heavy (non-hydrogen) atoms. The number of hydrogen-bond donors (Lipinski definition) is 1. The van der Waals surface area contributed by atoms with Crippen LogP contribution in [0.25, 0.3) is 0 Å². The van der Waals surface area contributed by atoms with Crippen LogP contribution in [-0.4, -0.2) is 42.6 Å². The summed E-state index contributed by atoms with van der Waals surface area (Å²) in [6.07, 6.45) is 0. The van der Waals surface area contributed by atoms with Gasteiger partial charge in [0.15, 0.2) is 0 Å². The Morgan fingerprint density at radius 3 is 2.67 bits per heavy atom. The fraction of sp³-hybridized carbons (Fsp3) is 0.800. The van der Waals surface area contributed by atoms with Crippen molar-refractivity contribution in [1.29, 1.82) is 0 Å². The zero-order valence-electron chi connectivity index (χ0n) is 9.45. The number of nitrogens with zero attached hydrogens (tertiary/aromatic N) is 1. The minimum Gasteiger partial charge on any atom is -0.464 e. The number of ether oxygens (including phenoxy) is 1. The molecule has 5 nitrogen and oxygen atoms in total. The monoisotopic (exact) mass is 214 g/mol. The molecule has 1 amide bonds. The van der Waals surface area contributed by atoms with Gasteiger partial charge in [0.25, 0.3) is 0 Å². The lowest BCUT2D eigenvalue weighted by atomic mass is 10.2. The highest BCUT2D eigenvalue weighted by Gasteiger charge is 2.30. The third kappa shape index (κ3) is 3.20. The van der Waals surface area contributed by atoms with E-state index in [1.165, 1.54) is 4.90 Å². The standard InChI is InChI=1S/C10H18N2O3/c1-7(2)5-15-10(14)8(3)12-6-11-4-9(12)13/h7-8,11H,4-6H2,1-3H3. The van der Waals surface area contributed by atoms with Crippen LogP contribution in [0.1, 0.15) is 20.8 Å². The second kappa shape index (κ2) is 5.11. The highest BCUT2D eigenvalue weighted by molar-refractivity contribution is 5.86. The quantitative estimate of drug-likeness (QED) is 0.667. The second-order valence-corrected chi connectivity index (χ2v) is 4.15. The van der Waals surface area contributed by atoms with Gasteiger partial charge in [-0.1, -0.05) is 13.8 Å². The van der Waals surface area contributed by atoms with Gasteiger partial charge in [0.05, 0.1) is 19.8 Å². The smallest absolute Gasteiger partial charge is 0.328 e. The van der Waals surface area contributed by atoms with E-state index in [-0.39, 0.29) is 11.9 Å². The van der Waals surface area contributed by atoms with Gasteiger partial charge in [-0.15, -0.1) is 0 Å². The molecule has 0 aromatic rings. The van der Waals surface area contributed by atoms with Gasteiger partial charge in [0.2, 0.25) is 5.91 Å². The van der Waals surface area contributed by atoms with Crippen LogP contribution in [0.15, 0.2) is 0 Å². The maximum atomic E-state index is 11.5. The van der Waals surface area contributed by atoms with Crippen LogP contribution in [0.2, 0.25) is 0 Å². The van der Waals surface area contributed by atoms with E-state index in [0.717, 1.165) is 0 Å². The average Bonchev–Trinajstić information content (AvgIpc) is 2.59. The second-order valence-electron chi connectivity index (χ2n) is 4.15. The molecule has 1 N–H and O–H groups in total. The van der Waals surface area contributed by atoms with Crippen molar-refractivity contribution in [3.05, 3.63) is 0 Å². The lowest BCUT2D eigenvalue weighted by Gasteiger charge is -2.22. The summed E-state index contributed by atoms with van der Waals surface area (Å²) in [6, 6.07) is -0.494. The van der Waals surface area contributed by atoms with E-state index in [0.29, 0.717) is 25.7 Å². The lowest BCUT2D eigenvalue weighted by Crippen LogP contribution is -2.42. The summed E-state index contributed by atoms with van der Waals surface area (Å²) in [4.78, 5) is 24.3. The Morgan fingerprint density at radius 2 is 2.20 bits per heavy atom. The summed E-state index contributed by atoms with van der Waals surface area (Å²) in [7, 11) is 0. The Morgan fingerprint density at radius 1 is 1.53 bits per heavy atom. The van der Waals surface area contributed by atoms with Gasteiger partial charge in [-0.3, -0.25) is 10.1 Å². The molecule has 0 aromatic heterocycles. The van der Waals surface area contributed by atoms with E-state index in [1.807, 2.05) is 13.8 Å². The van der Waals surface area contributed by atoms with Gasteiger partial charge in [-0.25, -0.2) is 4.79 Å². The van der Waals surface area contributed by atoms with Gasteiger partial charge in [-0.2, -0.15) is 0 Å². The molecule has 0 spiro atoms. The van der Waals surface area contributed by atoms with Crippen LogP contribution in [0.3, 0.4) is 0 Å². The minimum absolute atomic E-state index is 0.0519. The normalized spacial score (nSPS) is 18.4. The molecule has 1 atom stereocenters. The van der Waals surface area contributed by atoms with Gasteiger partial charge < -0.3 is 9.64 Å². The van der Waals surface area contributed by atoms with E-state index in [2.05, 4.69) is 5.32 Å². The Labute approximate surface area is 89.8 Å². The van der Waals surface area contributed by atoms with Crippen LogP contribution < -0.4 is 5.32 Å². The fourth-order valence-electron chi connectivity index (χ4n) is 1.32. The third-order valence-electron chi connectivity index (χ3n) is 2.25. The van der Waals surface area contributed by atoms with E-state index >= 15 is 0 Å². The summed E-state index contributed by atoms with van der Waals surface area (Å²) in [5.74, 6) is -0.0710. The predicted octanol–water partition coefficient (Wildman–Crippen LogP) is -0.0366. The van der Waals surface area contributed by atoms with Crippen molar-refractivity contribution in [3.8, 4) is 0 Å². The molecule has 5 heteroatoms. The zero-order chi connectivity index (χ0) is 11.4. The van der Waals surface area contributed by atoms with E-state index < -0.39 is 6.04 Å². The number of amides is 1. The van der Waals surface area contributed by atoms with Crippen molar-refractivity contribution in [2.45, 2.75) is 26.8 Å². The predicted molar refractivity (Wildman–Crippen MR) is 55.0 cm³/mol. The number of esters is 1. The molecule has 1 saturated heterocycles. The lowest BCUT2D eigenvalue weighted by molar-refractivity contribution is -0.153. The number of carbonyl (C=O) groups excluding carboxylic acids is 2. The largest absolute Gasteiger partial charge is 0.464 e. The first-order valence-electron chi connectivity index (χ1n) is 5.19. The molecule has 1 rings (SSSR count). The van der Waals surface area contributed by atoms with Crippen LogP contribution in [0.4, 0.5) is 0 Å². The van der Waals surface area contributed by atoms with Gasteiger partial charge in [-0.05, 0) is 12.8 Å². The molecule has 0 bridgehead atoms. The number of hydrogen-bond acceptors (Lipinski definition) is 4. The summed E-state index contributed by atoms with van der Waals surface area (Å²) < 4.78 is 5.07. The molecule has 1 unspecified atom stereocenters. The molecule has 1 heterocycles. The number of nitrogens with one attached hydrogen (secondary N) is 1. The molecule has 86 valence electrons. The zero-order valence-corrected chi connectivity index (χ0v) is 9.45. The summed E-state index contributed by atoms with van der Waals surface area (Å²) >= 11 is 0. The first kappa shape index (κ1) is 12.0. The molecule has 1 fully saturated rings. The maximum Gasteiger partial charge on any atom is 0.328 e. The van der Waals surface area contributed by atoms with Crippen molar-refractivity contribution in [2.75, 3.05) is 19.8 Å². The molecule has 0 aromatic carbocycles. The summed E-state index contributed by atoms with van der Waals surface area (Å²) in [6.45, 7) is 6.77.